The van der Waals surface area contributed by atoms with Crippen LogP contribution in [0.5, 0.6) is 0 Å². The quantitative estimate of drug-likeness (QED) is 0.743. The van der Waals surface area contributed by atoms with Crippen LogP contribution in [0.4, 0.5) is 5.69 Å². The average Bonchev–Trinajstić information content (AvgIpc) is 2.78. The molecule has 1 aromatic rings. The van der Waals surface area contributed by atoms with Gasteiger partial charge in [0, 0.05) is 12.2 Å². The molecule has 0 unspecified atom stereocenters. The van der Waals surface area contributed by atoms with Gasteiger partial charge in [-0.25, -0.2) is 0 Å². The summed E-state index contributed by atoms with van der Waals surface area (Å²) >= 11 is 0. The van der Waals surface area contributed by atoms with Gasteiger partial charge in [0.1, 0.15) is 0 Å². The molecule has 2 heteroatoms. The third-order valence-corrected chi connectivity index (χ3v) is 4.63. The molecule has 0 bridgehead atoms. The number of benzene rings is 1. The second kappa shape index (κ2) is 6.43. The first-order valence-corrected chi connectivity index (χ1v) is 8.07. The number of hydrogen-bond donors (Lipinski definition) is 0. The topological polar surface area (TPSA) is 20.3 Å². The summed E-state index contributed by atoms with van der Waals surface area (Å²) in [5.41, 5.74) is 2.31. The third-order valence-electron chi connectivity index (χ3n) is 4.63. The van der Waals surface area contributed by atoms with Crippen LogP contribution in [0.25, 0.3) is 0 Å². The minimum Gasteiger partial charge on any atom is -0.312 e. The summed E-state index contributed by atoms with van der Waals surface area (Å²) in [6, 6.07) is 8.49. The van der Waals surface area contributed by atoms with Crippen LogP contribution in [0.1, 0.15) is 58.4 Å². The molecule has 1 heterocycles. The van der Waals surface area contributed by atoms with Gasteiger partial charge >= 0.3 is 0 Å². The number of rotatable bonds is 6. The summed E-state index contributed by atoms with van der Waals surface area (Å²) in [6.45, 7) is 7.40. The van der Waals surface area contributed by atoms with Gasteiger partial charge in [0.2, 0.25) is 5.91 Å². The number of carbonyl (C=O) groups excluding carboxylic acids is 1. The minimum absolute atomic E-state index is 0.0903. The summed E-state index contributed by atoms with van der Waals surface area (Å²) in [4.78, 5) is 14.9. The minimum atomic E-state index is -0.0903. The summed E-state index contributed by atoms with van der Waals surface area (Å²) in [7, 11) is 0. The molecule has 0 N–H and O–H groups in total. The maximum atomic E-state index is 12.9. The molecule has 1 saturated heterocycles. The number of amides is 1. The average molecular weight is 273 g/mol. The molecule has 2 rings (SSSR count). The van der Waals surface area contributed by atoms with Crippen molar-refractivity contribution in [3.8, 4) is 0 Å². The lowest BCUT2D eigenvalue weighted by Gasteiger charge is -2.27. The van der Waals surface area contributed by atoms with E-state index in [-0.39, 0.29) is 5.41 Å². The van der Waals surface area contributed by atoms with Crippen molar-refractivity contribution in [1.82, 2.24) is 0 Å². The molecule has 1 aromatic carbocycles. The van der Waals surface area contributed by atoms with Gasteiger partial charge in [-0.3, -0.25) is 4.79 Å². The molecular formula is C18H27NO. The van der Waals surface area contributed by atoms with Crippen LogP contribution in [0.3, 0.4) is 0 Å². The van der Waals surface area contributed by atoms with Gasteiger partial charge in [0.05, 0.1) is 5.41 Å². The van der Waals surface area contributed by atoms with Gasteiger partial charge in [0.15, 0.2) is 0 Å². The highest BCUT2D eigenvalue weighted by Crippen LogP contribution is 2.42. The Morgan fingerprint density at radius 3 is 2.15 bits per heavy atom. The molecule has 1 fully saturated rings. The Kier molecular flexibility index (Phi) is 4.85. The van der Waals surface area contributed by atoms with E-state index in [1.165, 1.54) is 5.56 Å². The van der Waals surface area contributed by atoms with Gasteiger partial charge in [-0.15, -0.1) is 0 Å². The second-order valence-corrected chi connectivity index (χ2v) is 6.01. The molecule has 0 aromatic heterocycles. The molecular weight excluding hydrogens is 246 g/mol. The van der Waals surface area contributed by atoms with E-state index < -0.39 is 0 Å². The molecule has 1 aliphatic heterocycles. The first-order chi connectivity index (χ1) is 9.66. The molecule has 110 valence electrons. The van der Waals surface area contributed by atoms with Crippen LogP contribution in [-0.2, 0) is 11.2 Å². The molecule has 0 saturated carbocycles. The highest BCUT2D eigenvalue weighted by Gasteiger charge is 2.45. The number of carbonyl (C=O) groups is 1. The molecule has 0 atom stereocenters. The Labute approximate surface area is 123 Å². The Balaban J connectivity index is 2.20. The third kappa shape index (κ3) is 2.74. The first-order valence-electron chi connectivity index (χ1n) is 8.07. The first kappa shape index (κ1) is 15.1. The van der Waals surface area contributed by atoms with Crippen LogP contribution in [0.2, 0.25) is 0 Å². The molecule has 1 aliphatic rings. The largest absolute Gasteiger partial charge is 0.312 e. The van der Waals surface area contributed by atoms with Crippen molar-refractivity contribution >= 4 is 11.6 Å². The van der Waals surface area contributed by atoms with E-state index in [2.05, 4.69) is 45.0 Å². The standard InChI is InChI=1S/C18H27NO/c1-4-11-18(12-5-2)13-14-19(17(18)20)16-9-7-15(6-3)8-10-16/h7-10H,4-6,11-14H2,1-3H3. The van der Waals surface area contributed by atoms with E-state index >= 15 is 0 Å². The van der Waals surface area contributed by atoms with Crippen molar-refractivity contribution in [2.75, 3.05) is 11.4 Å². The number of aryl methyl sites for hydroxylation is 1. The van der Waals surface area contributed by atoms with Crippen molar-refractivity contribution in [2.24, 2.45) is 5.41 Å². The number of anilines is 1. The van der Waals surface area contributed by atoms with E-state index in [0.29, 0.717) is 5.91 Å². The molecule has 0 spiro atoms. The fourth-order valence-corrected chi connectivity index (χ4v) is 3.52. The highest BCUT2D eigenvalue weighted by molar-refractivity contribution is 5.99. The van der Waals surface area contributed by atoms with E-state index in [1.807, 2.05) is 4.90 Å². The summed E-state index contributed by atoms with van der Waals surface area (Å²) < 4.78 is 0. The SMILES string of the molecule is CCCC1(CCC)CCN(c2ccc(CC)cc2)C1=O. The summed E-state index contributed by atoms with van der Waals surface area (Å²) in [5, 5.41) is 0. The molecule has 0 aliphatic carbocycles. The zero-order valence-corrected chi connectivity index (χ0v) is 13.1. The van der Waals surface area contributed by atoms with Crippen molar-refractivity contribution < 1.29 is 4.79 Å². The smallest absolute Gasteiger partial charge is 0.233 e. The van der Waals surface area contributed by atoms with E-state index in [4.69, 9.17) is 0 Å². The van der Waals surface area contributed by atoms with Crippen LogP contribution >= 0.6 is 0 Å². The number of hydrogen-bond acceptors (Lipinski definition) is 1. The lowest BCUT2D eigenvalue weighted by atomic mass is 9.78. The highest BCUT2D eigenvalue weighted by atomic mass is 16.2. The molecule has 2 nitrogen and oxygen atoms in total. The van der Waals surface area contributed by atoms with Gasteiger partial charge in [0.25, 0.3) is 0 Å². The second-order valence-electron chi connectivity index (χ2n) is 6.01. The van der Waals surface area contributed by atoms with Gasteiger partial charge in [-0.05, 0) is 43.4 Å². The van der Waals surface area contributed by atoms with Crippen molar-refractivity contribution in [3.63, 3.8) is 0 Å². The molecule has 0 radical (unpaired) electrons. The Morgan fingerprint density at radius 2 is 1.65 bits per heavy atom. The Hall–Kier alpha value is -1.31. The predicted molar refractivity (Wildman–Crippen MR) is 85.0 cm³/mol. The lowest BCUT2D eigenvalue weighted by Crippen LogP contribution is -2.34. The van der Waals surface area contributed by atoms with Gasteiger partial charge in [-0.2, -0.15) is 0 Å². The normalized spacial score (nSPS) is 17.8. The van der Waals surface area contributed by atoms with Gasteiger partial charge < -0.3 is 4.90 Å². The van der Waals surface area contributed by atoms with Crippen molar-refractivity contribution in [1.29, 1.82) is 0 Å². The zero-order valence-electron chi connectivity index (χ0n) is 13.1. The number of nitrogens with zero attached hydrogens (tertiary/aromatic N) is 1. The zero-order chi connectivity index (χ0) is 14.6. The maximum Gasteiger partial charge on any atom is 0.233 e. The predicted octanol–water partition coefficient (Wildman–Crippen LogP) is 4.57. The van der Waals surface area contributed by atoms with E-state index in [0.717, 1.165) is 50.8 Å². The van der Waals surface area contributed by atoms with Crippen LogP contribution in [-0.4, -0.2) is 12.5 Å². The maximum absolute atomic E-state index is 12.9. The fraction of sp³-hybridized carbons (Fsp3) is 0.611. The Morgan fingerprint density at radius 1 is 1.05 bits per heavy atom. The lowest BCUT2D eigenvalue weighted by molar-refractivity contribution is -0.126. The molecule has 20 heavy (non-hydrogen) atoms. The van der Waals surface area contributed by atoms with Crippen LogP contribution in [0, 0.1) is 5.41 Å². The Bertz CT molecular complexity index is 443. The summed E-state index contributed by atoms with van der Waals surface area (Å²) in [6.07, 6.45) is 6.31. The van der Waals surface area contributed by atoms with Crippen molar-refractivity contribution in [3.05, 3.63) is 29.8 Å². The molecule has 1 amide bonds. The van der Waals surface area contributed by atoms with Crippen LogP contribution < -0.4 is 4.90 Å². The summed E-state index contributed by atoms with van der Waals surface area (Å²) in [5.74, 6) is 0.352. The van der Waals surface area contributed by atoms with Crippen LogP contribution in [0.15, 0.2) is 24.3 Å². The monoisotopic (exact) mass is 273 g/mol. The van der Waals surface area contributed by atoms with Crippen molar-refractivity contribution in [2.45, 2.75) is 59.3 Å². The van der Waals surface area contributed by atoms with E-state index in [1.54, 1.807) is 0 Å². The van der Waals surface area contributed by atoms with Gasteiger partial charge in [-0.1, -0.05) is 45.7 Å². The van der Waals surface area contributed by atoms with E-state index in [9.17, 15) is 4.79 Å². The fourth-order valence-electron chi connectivity index (χ4n) is 3.52.